The van der Waals surface area contributed by atoms with Crippen molar-refractivity contribution in [2.75, 3.05) is 5.75 Å². The van der Waals surface area contributed by atoms with Crippen molar-refractivity contribution in [2.24, 2.45) is 11.8 Å². The first-order chi connectivity index (χ1) is 11.5. The minimum Gasteiger partial charge on any atom is -0.543 e. The zero-order valence-corrected chi connectivity index (χ0v) is 17.3. The molecule has 0 spiro atoms. The number of carboxylic acid groups (broad SMARTS) is 1. The van der Waals surface area contributed by atoms with Crippen LogP contribution in [-0.4, -0.2) is 44.8 Å². The summed E-state index contributed by atoms with van der Waals surface area (Å²) in [5.74, 6) is -1.77. The zero-order valence-electron chi connectivity index (χ0n) is 14.5. The van der Waals surface area contributed by atoms with Crippen LogP contribution in [0.15, 0.2) is 40.7 Å². The average molecular weight is 370 g/mol. The molecule has 2 aliphatic heterocycles. The molecule has 1 aromatic rings. The van der Waals surface area contributed by atoms with Gasteiger partial charge in [-0.05, 0) is 31.1 Å². The molecule has 128 valence electrons. The van der Waals surface area contributed by atoms with Crippen molar-refractivity contribution < 1.29 is 49.4 Å². The third-order valence-electron chi connectivity index (χ3n) is 4.79. The van der Waals surface area contributed by atoms with Gasteiger partial charge in [0.2, 0.25) is 5.91 Å². The van der Waals surface area contributed by atoms with Crippen LogP contribution in [0.2, 0.25) is 0 Å². The minimum absolute atomic E-state index is 0. The fourth-order valence-corrected chi connectivity index (χ4v) is 4.73. The van der Waals surface area contributed by atoms with Gasteiger partial charge in [0, 0.05) is 29.0 Å². The minimum atomic E-state index is -1.32. The molecule has 2 aliphatic rings. The molecular formula is C17H19N2NaO4S. The van der Waals surface area contributed by atoms with Crippen LogP contribution in [0.3, 0.4) is 0 Å². The van der Waals surface area contributed by atoms with E-state index in [0.29, 0.717) is 12.2 Å². The molecule has 1 amide bonds. The van der Waals surface area contributed by atoms with Crippen LogP contribution in [0.1, 0.15) is 20.3 Å². The Morgan fingerprint density at radius 3 is 2.60 bits per heavy atom. The first-order valence-corrected chi connectivity index (χ1v) is 8.94. The molecule has 6 nitrogen and oxygen atoms in total. The average Bonchev–Trinajstić information content (AvgIpc) is 2.83. The SMILES string of the molecule is CCC1C(CSc2ccncc2)=C(C(=O)[O-])N2C(=O)[C@@H](C(C)O)[C@@H]12.[Na+]. The Kier molecular flexibility index (Phi) is 6.73. The number of amides is 1. The number of aliphatic hydroxyl groups is 1. The summed E-state index contributed by atoms with van der Waals surface area (Å²) in [7, 11) is 0. The summed E-state index contributed by atoms with van der Waals surface area (Å²) >= 11 is 1.51. The number of aliphatic carboxylic acids is 1. The number of aliphatic hydroxyl groups excluding tert-OH is 1. The molecule has 4 atom stereocenters. The van der Waals surface area contributed by atoms with Gasteiger partial charge in [0.1, 0.15) is 0 Å². The summed E-state index contributed by atoms with van der Waals surface area (Å²) in [5, 5.41) is 21.5. The van der Waals surface area contributed by atoms with Crippen molar-refractivity contribution in [2.45, 2.75) is 37.3 Å². The fraction of sp³-hybridized carbons (Fsp3) is 0.471. The van der Waals surface area contributed by atoms with E-state index in [2.05, 4.69) is 4.98 Å². The number of fused-ring (bicyclic) bond motifs is 1. The number of carboxylic acids is 1. The van der Waals surface area contributed by atoms with Crippen LogP contribution in [0.4, 0.5) is 0 Å². The van der Waals surface area contributed by atoms with Crippen molar-refractivity contribution in [1.29, 1.82) is 0 Å². The van der Waals surface area contributed by atoms with E-state index in [-0.39, 0.29) is 53.1 Å². The number of hydrogen-bond acceptors (Lipinski definition) is 6. The number of pyridine rings is 1. The molecule has 0 saturated carbocycles. The molecule has 1 aromatic heterocycles. The van der Waals surface area contributed by atoms with Gasteiger partial charge in [-0.25, -0.2) is 0 Å². The van der Waals surface area contributed by atoms with E-state index in [1.165, 1.54) is 16.7 Å². The molecule has 0 bridgehead atoms. The Morgan fingerprint density at radius 2 is 2.08 bits per heavy atom. The van der Waals surface area contributed by atoms with Gasteiger partial charge >= 0.3 is 29.6 Å². The van der Waals surface area contributed by atoms with E-state index in [1.54, 1.807) is 19.3 Å². The van der Waals surface area contributed by atoms with E-state index < -0.39 is 18.0 Å². The summed E-state index contributed by atoms with van der Waals surface area (Å²) in [6.45, 7) is 3.55. The maximum absolute atomic E-state index is 12.3. The number of rotatable bonds is 6. The van der Waals surface area contributed by atoms with E-state index >= 15 is 0 Å². The molecule has 0 radical (unpaired) electrons. The first kappa shape index (κ1) is 20.5. The molecule has 25 heavy (non-hydrogen) atoms. The number of thioether (sulfide) groups is 1. The first-order valence-electron chi connectivity index (χ1n) is 7.95. The van der Waals surface area contributed by atoms with E-state index in [9.17, 15) is 19.8 Å². The van der Waals surface area contributed by atoms with Crippen molar-refractivity contribution in [3.05, 3.63) is 35.8 Å². The number of aromatic nitrogens is 1. The maximum atomic E-state index is 12.3. The normalized spacial score (nSPS) is 26.0. The molecule has 8 heteroatoms. The summed E-state index contributed by atoms with van der Waals surface area (Å²) in [4.78, 5) is 30.2. The zero-order chi connectivity index (χ0) is 17.4. The van der Waals surface area contributed by atoms with Crippen molar-refractivity contribution in [3.8, 4) is 0 Å². The largest absolute Gasteiger partial charge is 1.00 e. The molecule has 0 aliphatic carbocycles. The van der Waals surface area contributed by atoms with Gasteiger partial charge in [-0.2, -0.15) is 0 Å². The molecule has 2 unspecified atom stereocenters. The van der Waals surface area contributed by atoms with Crippen LogP contribution >= 0.6 is 11.8 Å². The Hall–Kier alpha value is -0.860. The Balaban J connectivity index is 0.00000225. The summed E-state index contributed by atoms with van der Waals surface area (Å²) < 4.78 is 0. The Morgan fingerprint density at radius 1 is 1.44 bits per heavy atom. The predicted molar refractivity (Wildman–Crippen MR) is 86.6 cm³/mol. The van der Waals surface area contributed by atoms with Crippen molar-refractivity contribution in [3.63, 3.8) is 0 Å². The molecule has 1 saturated heterocycles. The van der Waals surface area contributed by atoms with Crippen LogP contribution in [0.25, 0.3) is 0 Å². The van der Waals surface area contributed by atoms with Crippen LogP contribution in [-0.2, 0) is 9.59 Å². The van der Waals surface area contributed by atoms with Gasteiger partial charge in [-0.3, -0.25) is 9.78 Å². The summed E-state index contributed by atoms with van der Waals surface area (Å²) in [6, 6.07) is 3.44. The number of hydrogen-bond donors (Lipinski definition) is 1. The van der Waals surface area contributed by atoms with Crippen LogP contribution < -0.4 is 34.7 Å². The molecule has 1 fully saturated rings. The van der Waals surface area contributed by atoms with Gasteiger partial charge in [0.15, 0.2) is 0 Å². The second kappa shape index (κ2) is 8.22. The molecule has 1 N–H and O–H groups in total. The van der Waals surface area contributed by atoms with Gasteiger partial charge in [0.25, 0.3) is 0 Å². The van der Waals surface area contributed by atoms with Gasteiger partial charge < -0.3 is 19.9 Å². The van der Waals surface area contributed by atoms with Crippen molar-refractivity contribution >= 4 is 23.6 Å². The van der Waals surface area contributed by atoms with Gasteiger partial charge in [-0.1, -0.05) is 6.92 Å². The number of β-lactam (4-membered cyclic amide) rings is 1. The van der Waals surface area contributed by atoms with Crippen molar-refractivity contribution in [1.82, 2.24) is 9.88 Å². The summed E-state index contributed by atoms with van der Waals surface area (Å²) in [6.07, 6.45) is 3.29. The summed E-state index contributed by atoms with van der Waals surface area (Å²) in [5.41, 5.74) is 0.719. The molecule has 3 rings (SSSR count). The number of carbonyl (C=O) groups is 2. The van der Waals surface area contributed by atoms with Crippen LogP contribution in [0.5, 0.6) is 0 Å². The second-order valence-electron chi connectivity index (χ2n) is 6.11. The van der Waals surface area contributed by atoms with E-state index in [4.69, 9.17) is 0 Å². The van der Waals surface area contributed by atoms with Crippen LogP contribution in [0, 0.1) is 11.8 Å². The maximum Gasteiger partial charge on any atom is 1.00 e. The Labute approximate surface area is 173 Å². The molecule has 3 heterocycles. The molecular weight excluding hydrogens is 351 g/mol. The monoisotopic (exact) mass is 370 g/mol. The number of carbonyl (C=O) groups excluding carboxylic acids is 2. The third-order valence-corrected chi connectivity index (χ3v) is 5.85. The topological polar surface area (TPSA) is 93.6 Å². The van der Waals surface area contributed by atoms with Gasteiger partial charge in [-0.15, -0.1) is 11.8 Å². The fourth-order valence-electron chi connectivity index (χ4n) is 3.74. The third kappa shape index (κ3) is 3.53. The van der Waals surface area contributed by atoms with E-state index in [1.807, 2.05) is 19.1 Å². The smallest absolute Gasteiger partial charge is 0.543 e. The predicted octanol–water partition coefficient (Wildman–Crippen LogP) is -2.57. The molecule has 0 aromatic carbocycles. The number of nitrogens with zero attached hydrogens (tertiary/aromatic N) is 2. The second-order valence-corrected chi connectivity index (χ2v) is 7.16. The standard InChI is InChI=1S/C17H20N2O4S.Na/c1-3-11-12(8-24-10-4-6-18-7-5-10)15(17(22)23)19-14(11)13(9(2)20)16(19)21;/h4-7,9,11,13-14,20H,3,8H2,1-2H3,(H,22,23);/q;+1/p-1/t9?,11?,13-,14+;/m0./s1. The Bertz CT molecular complexity index is 695. The quantitative estimate of drug-likeness (QED) is 0.336. The van der Waals surface area contributed by atoms with Gasteiger partial charge in [0.05, 0.1) is 29.7 Å². The van der Waals surface area contributed by atoms with E-state index in [0.717, 1.165) is 10.5 Å².